The molecule has 3 atom stereocenters. The van der Waals surface area contributed by atoms with E-state index in [1.807, 2.05) is 0 Å². The Morgan fingerprint density at radius 3 is 2.50 bits per heavy atom. The molecule has 0 amide bonds. The van der Waals surface area contributed by atoms with Crippen LogP contribution in [0.2, 0.25) is 0 Å². The number of piperidine rings is 1. The first kappa shape index (κ1) is 8.06. The molecule has 1 heterocycles. The van der Waals surface area contributed by atoms with E-state index < -0.39 is 0 Å². The van der Waals surface area contributed by atoms with Crippen molar-refractivity contribution in [3.05, 3.63) is 0 Å². The van der Waals surface area contributed by atoms with Crippen molar-refractivity contribution in [3.63, 3.8) is 0 Å². The van der Waals surface area contributed by atoms with Crippen LogP contribution in [0.1, 0.15) is 33.6 Å². The topological polar surface area (TPSA) is 12.0 Å². The zero-order valence-electron chi connectivity index (χ0n) is 7.35. The van der Waals surface area contributed by atoms with Gasteiger partial charge in [0, 0.05) is 6.04 Å². The second kappa shape index (κ2) is 3.38. The van der Waals surface area contributed by atoms with E-state index >= 15 is 0 Å². The van der Waals surface area contributed by atoms with E-state index in [-0.39, 0.29) is 0 Å². The van der Waals surface area contributed by atoms with Gasteiger partial charge in [-0.15, -0.1) is 0 Å². The molecule has 0 spiro atoms. The summed E-state index contributed by atoms with van der Waals surface area (Å²) in [6.07, 6.45) is 2.69. The largest absolute Gasteiger partial charge is 0.314 e. The van der Waals surface area contributed by atoms with Crippen LogP contribution >= 0.6 is 0 Å². The van der Waals surface area contributed by atoms with Gasteiger partial charge in [0.2, 0.25) is 0 Å². The third-order valence-electron chi connectivity index (χ3n) is 2.91. The van der Waals surface area contributed by atoms with Crippen LogP contribution in [0, 0.1) is 11.8 Å². The fraction of sp³-hybridized carbons (Fsp3) is 1.00. The van der Waals surface area contributed by atoms with Crippen molar-refractivity contribution in [2.24, 2.45) is 11.8 Å². The van der Waals surface area contributed by atoms with Crippen LogP contribution in [-0.4, -0.2) is 12.6 Å². The molecule has 1 rings (SSSR count). The van der Waals surface area contributed by atoms with Gasteiger partial charge in [-0.2, -0.15) is 0 Å². The summed E-state index contributed by atoms with van der Waals surface area (Å²) < 4.78 is 0. The minimum absolute atomic E-state index is 0.744. The molecule has 0 radical (unpaired) electrons. The third-order valence-corrected chi connectivity index (χ3v) is 2.91. The smallest absolute Gasteiger partial charge is 0.00694 e. The third kappa shape index (κ3) is 1.51. The summed E-state index contributed by atoms with van der Waals surface area (Å²) in [5.74, 6) is 1.84. The fourth-order valence-corrected chi connectivity index (χ4v) is 2.15. The summed E-state index contributed by atoms with van der Waals surface area (Å²) in [4.78, 5) is 0. The monoisotopic (exact) mass is 141 g/mol. The van der Waals surface area contributed by atoms with Crippen LogP contribution in [0.15, 0.2) is 0 Å². The molecule has 0 aromatic carbocycles. The maximum Gasteiger partial charge on any atom is 0.00694 e. The SMILES string of the molecule is CCC1C(C)CCN[C@@H]1C. The predicted octanol–water partition coefficient (Wildman–Crippen LogP) is 2.03. The molecule has 1 N–H and O–H groups in total. The predicted molar refractivity (Wildman–Crippen MR) is 45.0 cm³/mol. The van der Waals surface area contributed by atoms with Crippen LogP contribution in [0.3, 0.4) is 0 Å². The van der Waals surface area contributed by atoms with Gasteiger partial charge in [-0.25, -0.2) is 0 Å². The zero-order valence-corrected chi connectivity index (χ0v) is 7.35. The number of nitrogens with one attached hydrogen (secondary N) is 1. The summed E-state index contributed by atoms with van der Waals surface area (Å²) in [5, 5.41) is 3.51. The number of hydrogen-bond acceptors (Lipinski definition) is 1. The lowest BCUT2D eigenvalue weighted by Crippen LogP contribution is -2.42. The lowest BCUT2D eigenvalue weighted by Gasteiger charge is -2.34. The number of hydrogen-bond donors (Lipinski definition) is 1. The Hall–Kier alpha value is -0.0400. The lowest BCUT2D eigenvalue weighted by atomic mass is 9.81. The van der Waals surface area contributed by atoms with Crippen molar-refractivity contribution in [2.45, 2.75) is 39.7 Å². The van der Waals surface area contributed by atoms with Crippen LogP contribution in [0.25, 0.3) is 0 Å². The molecule has 1 aliphatic rings. The Morgan fingerprint density at radius 1 is 1.40 bits per heavy atom. The summed E-state index contributed by atoms with van der Waals surface area (Å²) in [6, 6.07) is 0.744. The Kier molecular flexibility index (Phi) is 2.72. The molecule has 1 heteroatoms. The van der Waals surface area contributed by atoms with Gasteiger partial charge >= 0.3 is 0 Å². The van der Waals surface area contributed by atoms with Crippen LogP contribution in [-0.2, 0) is 0 Å². The molecule has 1 aliphatic heterocycles. The standard InChI is InChI=1S/C9H19N/c1-4-9-7(2)5-6-10-8(9)3/h7-10H,4-6H2,1-3H3/t7?,8-,9?/m1/s1. The highest BCUT2D eigenvalue weighted by Gasteiger charge is 2.24. The van der Waals surface area contributed by atoms with Gasteiger partial charge in [0.25, 0.3) is 0 Å². The molecular weight excluding hydrogens is 122 g/mol. The average Bonchev–Trinajstić information content (AvgIpc) is 1.88. The van der Waals surface area contributed by atoms with Crippen molar-refractivity contribution in [1.82, 2.24) is 5.32 Å². The lowest BCUT2D eigenvalue weighted by molar-refractivity contribution is 0.208. The molecule has 1 nitrogen and oxygen atoms in total. The van der Waals surface area contributed by atoms with E-state index in [4.69, 9.17) is 0 Å². The summed E-state index contributed by atoms with van der Waals surface area (Å²) >= 11 is 0. The van der Waals surface area contributed by atoms with Crippen LogP contribution < -0.4 is 5.32 Å². The van der Waals surface area contributed by atoms with Crippen molar-refractivity contribution in [3.8, 4) is 0 Å². The zero-order chi connectivity index (χ0) is 7.56. The van der Waals surface area contributed by atoms with Gasteiger partial charge in [-0.3, -0.25) is 0 Å². The quantitative estimate of drug-likeness (QED) is 0.589. The second-order valence-electron chi connectivity index (χ2n) is 3.58. The van der Waals surface area contributed by atoms with Gasteiger partial charge in [-0.05, 0) is 31.7 Å². The molecule has 0 aromatic heterocycles. The highest BCUT2D eigenvalue weighted by Crippen LogP contribution is 2.25. The minimum atomic E-state index is 0.744. The van der Waals surface area contributed by atoms with Crippen molar-refractivity contribution in [2.75, 3.05) is 6.54 Å². The summed E-state index contributed by atoms with van der Waals surface area (Å²) in [7, 11) is 0. The molecule has 2 unspecified atom stereocenters. The molecule has 0 aliphatic carbocycles. The molecule has 0 bridgehead atoms. The first-order chi connectivity index (χ1) is 4.75. The van der Waals surface area contributed by atoms with Gasteiger partial charge < -0.3 is 5.32 Å². The summed E-state index contributed by atoms with van der Waals surface area (Å²) in [5.41, 5.74) is 0. The van der Waals surface area contributed by atoms with Gasteiger partial charge in [-0.1, -0.05) is 20.3 Å². The van der Waals surface area contributed by atoms with E-state index in [2.05, 4.69) is 26.1 Å². The van der Waals surface area contributed by atoms with E-state index in [0.29, 0.717) is 0 Å². The van der Waals surface area contributed by atoms with Gasteiger partial charge in [0.15, 0.2) is 0 Å². The minimum Gasteiger partial charge on any atom is -0.314 e. The summed E-state index contributed by atoms with van der Waals surface area (Å²) in [6.45, 7) is 8.21. The van der Waals surface area contributed by atoms with E-state index in [1.165, 1.54) is 19.4 Å². The highest BCUT2D eigenvalue weighted by atomic mass is 14.9. The van der Waals surface area contributed by atoms with Crippen molar-refractivity contribution in [1.29, 1.82) is 0 Å². The molecule has 10 heavy (non-hydrogen) atoms. The van der Waals surface area contributed by atoms with Crippen LogP contribution in [0.4, 0.5) is 0 Å². The van der Waals surface area contributed by atoms with Gasteiger partial charge in [0.05, 0.1) is 0 Å². The Labute approximate surface area is 64.2 Å². The van der Waals surface area contributed by atoms with E-state index in [0.717, 1.165) is 17.9 Å². The Balaban J connectivity index is 2.45. The van der Waals surface area contributed by atoms with E-state index in [9.17, 15) is 0 Å². The van der Waals surface area contributed by atoms with E-state index in [1.54, 1.807) is 0 Å². The molecule has 1 saturated heterocycles. The number of rotatable bonds is 1. The van der Waals surface area contributed by atoms with Crippen LogP contribution in [0.5, 0.6) is 0 Å². The molecule has 1 fully saturated rings. The molecule has 0 aromatic rings. The normalized spacial score (nSPS) is 41.7. The van der Waals surface area contributed by atoms with Crippen molar-refractivity contribution < 1.29 is 0 Å². The Morgan fingerprint density at radius 2 is 2.10 bits per heavy atom. The first-order valence-corrected chi connectivity index (χ1v) is 4.49. The maximum absolute atomic E-state index is 3.51. The molecule has 60 valence electrons. The second-order valence-corrected chi connectivity index (χ2v) is 3.58. The average molecular weight is 141 g/mol. The van der Waals surface area contributed by atoms with Gasteiger partial charge in [0.1, 0.15) is 0 Å². The Bertz CT molecular complexity index is 90.9. The highest BCUT2D eigenvalue weighted by molar-refractivity contribution is 4.80. The fourth-order valence-electron chi connectivity index (χ4n) is 2.15. The first-order valence-electron chi connectivity index (χ1n) is 4.49. The van der Waals surface area contributed by atoms with Crippen molar-refractivity contribution >= 4 is 0 Å². The maximum atomic E-state index is 3.51. The molecular formula is C9H19N. The molecule has 0 saturated carbocycles.